The van der Waals surface area contributed by atoms with Crippen molar-refractivity contribution in [2.75, 3.05) is 21.3 Å². The number of aliphatic hydroxyl groups is 1. The Morgan fingerprint density at radius 2 is 1.39 bits per heavy atom. The fourth-order valence-electron chi connectivity index (χ4n) is 6.99. The van der Waals surface area contributed by atoms with Gasteiger partial charge in [0.25, 0.3) is 5.91 Å². The second-order valence-corrected chi connectivity index (χ2v) is 13.2. The van der Waals surface area contributed by atoms with Gasteiger partial charge in [0.05, 0.1) is 36.9 Å². The molecule has 0 radical (unpaired) electrons. The SMILES string of the molecule is COC(=O)C1(NC(=O)Cc2cc(C)ccc2C)CCC(OC)CC1.COC1CCC2(CC1)NC(=O)C(c1cc(C)ccc1C)=C2O. The molecule has 2 aromatic rings. The zero-order chi connectivity index (χ0) is 33.6. The Hall–Kier alpha value is -3.69. The first-order valence-electron chi connectivity index (χ1n) is 16.2. The number of carbonyl (C=O) groups is 3. The summed E-state index contributed by atoms with van der Waals surface area (Å²) in [5.74, 6) is -0.473. The van der Waals surface area contributed by atoms with Gasteiger partial charge >= 0.3 is 5.97 Å². The van der Waals surface area contributed by atoms with Crippen molar-refractivity contribution in [1.29, 1.82) is 0 Å². The van der Waals surface area contributed by atoms with Crippen LogP contribution < -0.4 is 10.6 Å². The van der Waals surface area contributed by atoms with E-state index in [2.05, 4.69) is 10.6 Å². The van der Waals surface area contributed by atoms with Crippen molar-refractivity contribution < 1.29 is 33.7 Å². The van der Waals surface area contributed by atoms with Crippen LogP contribution in [0.5, 0.6) is 0 Å². The van der Waals surface area contributed by atoms with E-state index in [1.807, 2.05) is 64.1 Å². The zero-order valence-corrected chi connectivity index (χ0v) is 28.4. The predicted octanol–water partition coefficient (Wildman–Crippen LogP) is 5.49. The minimum absolute atomic E-state index is 0.138. The normalized spacial score (nSPS) is 25.8. The van der Waals surface area contributed by atoms with Crippen molar-refractivity contribution in [3.8, 4) is 0 Å². The molecule has 1 spiro atoms. The first-order valence-corrected chi connectivity index (χ1v) is 16.2. The molecule has 0 atom stereocenters. The Kier molecular flexibility index (Phi) is 11.3. The second kappa shape index (κ2) is 14.8. The number of methoxy groups -OCH3 is 3. The fraction of sp³-hybridized carbons (Fsp3) is 0.541. The molecule has 5 rings (SSSR count). The maximum absolute atomic E-state index is 12.6. The largest absolute Gasteiger partial charge is 0.509 e. The molecule has 2 saturated carbocycles. The molecule has 2 amide bonds. The standard InChI is InChI=1S/C19H27NO4.C18H23NO3/c1-13-5-6-14(2)15(11-13)12-17(21)20-19(18(22)24-4)9-7-16(23-3)8-10-19;1-11-4-5-12(2)14(10-11)15-16(20)18(19-17(15)21)8-6-13(22-3)7-9-18/h5-6,11,16H,7-10,12H2,1-4H3,(H,20,21);4-5,10,13,20H,6-9H2,1-3H3,(H,19,21). The van der Waals surface area contributed by atoms with Gasteiger partial charge in [-0.15, -0.1) is 0 Å². The summed E-state index contributed by atoms with van der Waals surface area (Å²) in [4.78, 5) is 37.4. The number of aliphatic hydroxyl groups excluding tert-OH is 1. The number of hydrogen-bond donors (Lipinski definition) is 3. The molecule has 250 valence electrons. The molecule has 1 heterocycles. The predicted molar refractivity (Wildman–Crippen MR) is 177 cm³/mol. The van der Waals surface area contributed by atoms with E-state index in [0.717, 1.165) is 71.9 Å². The molecule has 0 bridgehead atoms. The van der Waals surface area contributed by atoms with E-state index in [-0.39, 0.29) is 42.2 Å². The molecule has 0 saturated heterocycles. The van der Waals surface area contributed by atoms with Gasteiger partial charge in [-0.05, 0) is 101 Å². The molecule has 0 unspecified atom stereocenters. The number of hydrogen-bond acceptors (Lipinski definition) is 7. The quantitative estimate of drug-likeness (QED) is 0.344. The third kappa shape index (κ3) is 7.64. The fourth-order valence-corrected chi connectivity index (χ4v) is 6.99. The number of amides is 2. The molecule has 2 aromatic carbocycles. The van der Waals surface area contributed by atoms with Gasteiger partial charge in [0.1, 0.15) is 11.3 Å². The molecule has 9 nitrogen and oxygen atoms in total. The lowest BCUT2D eigenvalue weighted by Gasteiger charge is -2.38. The van der Waals surface area contributed by atoms with E-state index in [0.29, 0.717) is 18.4 Å². The van der Waals surface area contributed by atoms with Gasteiger partial charge in [-0.25, -0.2) is 4.79 Å². The molecular formula is C37H50N2O7. The topological polar surface area (TPSA) is 123 Å². The minimum Gasteiger partial charge on any atom is -0.509 e. The van der Waals surface area contributed by atoms with Crippen LogP contribution in [-0.4, -0.2) is 67.5 Å². The van der Waals surface area contributed by atoms with E-state index < -0.39 is 11.1 Å². The van der Waals surface area contributed by atoms with Crippen molar-refractivity contribution in [1.82, 2.24) is 10.6 Å². The summed E-state index contributed by atoms with van der Waals surface area (Å²) in [6, 6.07) is 12.0. The molecular weight excluding hydrogens is 584 g/mol. The Balaban J connectivity index is 0.000000209. The molecule has 46 heavy (non-hydrogen) atoms. The van der Waals surface area contributed by atoms with Crippen LogP contribution in [0.3, 0.4) is 0 Å². The van der Waals surface area contributed by atoms with E-state index in [1.165, 1.54) is 7.11 Å². The molecule has 2 fully saturated rings. The van der Waals surface area contributed by atoms with Crippen LogP contribution in [-0.2, 0) is 35.0 Å². The van der Waals surface area contributed by atoms with Crippen LogP contribution in [0.2, 0.25) is 0 Å². The lowest BCUT2D eigenvalue weighted by Crippen LogP contribution is -2.57. The maximum atomic E-state index is 12.6. The summed E-state index contributed by atoms with van der Waals surface area (Å²) in [6.45, 7) is 7.95. The zero-order valence-electron chi connectivity index (χ0n) is 28.4. The number of rotatable bonds is 7. The maximum Gasteiger partial charge on any atom is 0.331 e. The molecule has 0 aromatic heterocycles. The summed E-state index contributed by atoms with van der Waals surface area (Å²) in [5.41, 5.74) is 5.01. The highest BCUT2D eigenvalue weighted by atomic mass is 16.5. The number of esters is 1. The monoisotopic (exact) mass is 634 g/mol. The summed E-state index contributed by atoms with van der Waals surface area (Å²) in [7, 11) is 4.76. The molecule has 9 heteroatoms. The number of aryl methyl sites for hydroxylation is 4. The van der Waals surface area contributed by atoms with Gasteiger partial charge in [-0.3, -0.25) is 9.59 Å². The Bertz CT molecular complexity index is 1460. The van der Waals surface area contributed by atoms with E-state index in [1.54, 1.807) is 14.2 Å². The molecule has 2 aliphatic carbocycles. The van der Waals surface area contributed by atoms with Crippen molar-refractivity contribution >= 4 is 23.4 Å². The van der Waals surface area contributed by atoms with E-state index >= 15 is 0 Å². The number of nitrogens with one attached hydrogen (secondary N) is 2. The Morgan fingerprint density at radius 1 is 0.848 bits per heavy atom. The van der Waals surface area contributed by atoms with Gasteiger partial charge in [0.2, 0.25) is 5.91 Å². The van der Waals surface area contributed by atoms with Crippen LogP contribution in [0.4, 0.5) is 0 Å². The summed E-state index contributed by atoms with van der Waals surface area (Å²) >= 11 is 0. The number of ether oxygens (including phenoxy) is 3. The van der Waals surface area contributed by atoms with Gasteiger partial charge in [0.15, 0.2) is 0 Å². The van der Waals surface area contributed by atoms with Crippen molar-refractivity contribution in [2.24, 2.45) is 0 Å². The molecule has 3 aliphatic rings. The highest BCUT2D eigenvalue weighted by Crippen LogP contribution is 2.42. The molecule has 3 N–H and O–H groups in total. The summed E-state index contributed by atoms with van der Waals surface area (Å²) in [6.07, 6.45) is 6.30. The van der Waals surface area contributed by atoms with Gasteiger partial charge in [-0.1, -0.05) is 47.5 Å². The van der Waals surface area contributed by atoms with Crippen LogP contribution in [0, 0.1) is 27.7 Å². The van der Waals surface area contributed by atoms with Crippen LogP contribution >= 0.6 is 0 Å². The van der Waals surface area contributed by atoms with Gasteiger partial charge in [-0.2, -0.15) is 0 Å². The Morgan fingerprint density at radius 3 is 1.96 bits per heavy atom. The highest BCUT2D eigenvalue weighted by Gasteiger charge is 2.48. The summed E-state index contributed by atoms with van der Waals surface area (Å²) in [5, 5.41) is 16.8. The van der Waals surface area contributed by atoms with Crippen LogP contribution in [0.25, 0.3) is 5.57 Å². The van der Waals surface area contributed by atoms with Crippen LogP contribution in [0.15, 0.2) is 42.2 Å². The lowest BCUT2D eigenvalue weighted by molar-refractivity contribution is -0.153. The van der Waals surface area contributed by atoms with Crippen molar-refractivity contribution in [3.05, 3.63) is 75.5 Å². The second-order valence-electron chi connectivity index (χ2n) is 13.2. The van der Waals surface area contributed by atoms with E-state index in [9.17, 15) is 19.5 Å². The summed E-state index contributed by atoms with van der Waals surface area (Å²) < 4.78 is 15.7. The first kappa shape index (κ1) is 35.2. The first-order chi connectivity index (χ1) is 21.9. The number of carbonyl (C=O) groups excluding carboxylic acids is 3. The van der Waals surface area contributed by atoms with Crippen LogP contribution in [0.1, 0.15) is 84.7 Å². The Labute approximate surface area is 273 Å². The number of benzene rings is 2. The average molecular weight is 635 g/mol. The van der Waals surface area contributed by atoms with Crippen molar-refractivity contribution in [3.63, 3.8) is 0 Å². The van der Waals surface area contributed by atoms with Gasteiger partial charge in [0, 0.05) is 14.2 Å². The highest BCUT2D eigenvalue weighted by molar-refractivity contribution is 6.23. The lowest BCUT2D eigenvalue weighted by atomic mass is 9.79. The van der Waals surface area contributed by atoms with Crippen molar-refractivity contribution in [2.45, 2.75) is 109 Å². The van der Waals surface area contributed by atoms with Gasteiger partial charge < -0.3 is 30.0 Å². The van der Waals surface area contributed by atoms with E-state index in [4.69, 9.17) is 14.2 Å². The average Bonchev–Trinajstić information content (AvgIpc) is 3.28. The third-order valence-corrected chi connectivity index (χ3v) is 9.98. The smallest absolute Gasteiger partial charge is 0.331 e. The minimum atomic E-state index is -0.932. The molecule has 1 aliphatic heterocycles. The third-order valence-electron chi connectivity index (χ3n) is 9.98.